The summed E-state index contributed by atoms with van der Waals surface area (Å²) in [5, 5.41) is 1.61. The van der Waals surface area contributed by atoms with Gasteiger partial charge in [-0.15, -0.1) is 0 Å². The van der Waals surface area contributed by atoms with Gasteiger partial charge in [0.1, 0.15) is 17.2 Å². The number of halogens is 5. The van der Waals surface area contributed by atoms with E-state index in [1.54, 1.807) is 0 Å². The zero-order valence-electron chi connectivity index (χ0n) is 16.3. The summed E-state index contributed by atoms with van der Waals surface area (Å²) in [5.74, 6) is -4.61. The minimum Gasteiger partial charge on any atom is -0.455 e. The van der Waals surface area contributed by atoms with Crippen molar-refractivity contribution in [3.05, 3.63) is 53.1 Å². The van der Waals surface area contributed by atoms with Crippen molar-refractivity contribution in [1.82, 2.24) is 5.32 Å². The number of ether oxygens (including phenoxy) is 1. The minimum absolute atomic E-state index is 0.152. The molecule has 0 unspecified atom stereocenters. The number of hydrogen-bond donors (Lipinski definition) is 1. The third kappa shape index (κ3) is 4.12. The summed E-state index contributed by atoms with van der Waals surface area (Å²) in [7, 11) is -3.90. The van der Waals surface area contributed by atoms with E-state index in [0.717, 1.165) is 25.3 Å². The molecular formula is C19H14F5NO6S. The Morgan fingerprint density at radius 3 is 2.31 bits per heavy atom. The molecule has 0 spiro atoms. The van der Waals surface area contributed by atoms with Crippen molar-refractivity contribution >= 4 is 27.0 Å². The van der Waals surface area contributed by atoms with Gasteiger partial charge < -0.3 is 18.7 Å². The highest BCUT2D eigenvalue weighted by Crippen LogP contribution is 2.41. The molecule has 0 aliphatic rings. The molecule has 0 radical (unpaired) electrons. The van der Waals surface area contributed by atoms with Crippen LogP contribution in [0.5, 0.6) is 5.75 Å². The Bertz CT molecular complexity index is 1280. The monoisotopic (exact) mass is 479 g/mol. The van der Waals surface area contributed by atoms with Crippen LogP contribution in [0.25, 0.3) is 22.3 Å². The molecule has 13 heteroatoms. The Balaban J connectivity index is 2.37. The number of nitrogens with one attached hydrogen (secondary N) is 1. The minimum atomic E-state index is -6.24. The summed E-state index contributed by atoms with van der Waals surface area (Å²) < 4.78 is 105. The maximum absolute atomic E-state index is 15.4. The SMILES string of the molecule is CNC(=O)c1c(-c2ccc(F)cc2)oc2cc(COC)c(OS(=O)(=O)C(F)(F)F)c(F)c12. The van der Waals surface area contributed by atoms with Gasteiger partial charge in [-0.05, 0) is 30.3 Å². The molecule has 0 aliphatic heterocycles. The average Bonchev–Trinajstić information content (AvgIpc) is 3.09. The molecule has 172 valence electrons. The third-order valence-electron chi connectivity index (χ3n) is 4.29. The number of fused-ring (bicyclic) bond motifs is 1. The van der Waals surface area contributed by atoms with Gasteiger partial charge in [-0.25, -0.2) is 8.78 Å². The number of benzene rings is 2. The number of furan rings is 1. The highest BCUT2D eigenvalue weighted by atomic mass is 32.2. The van der Waals surface area contributed by atoms with Crippen LogP contribution >= 0.6 is 0 Å². The van der Waals surface area contributed by atoms with E-state index < -0.39 is 62.0 Å². The number of hydrogen-bond acceptors (Lipinski definition) is 6. The number of alkyl halides is 3. The van der Waals surface area contributed by atoms with Gasteiger partial charge in [0.15, 0.2) is 11.6 Å². The summed E-state index contributed by atoms with van der Waals surface area (Å²) in [6, 6.07) is 5.56. The van der Waals surface area contributed by atoms with E-state index >= 15 is 4.39 Å². The van der Waals surface area contributed by atoms with Gasteiger partial charge in [-0.3, -0.25) is 4.79 Å². The lowest BCUT2D eigenvalue weighted by Crippen LogP contribution is -2.29. The standard InChI is InChI=1S/C19H14F5NO6S/c1-25-18(26)14-13-12(30-16(14)9-3-5-11(20)6-4-9)7-10(8-29-2)17(15(13)21)31-32(27,28)19(22,23)24/h3-7H,8H2,1-2H3,(H,25,26). The van der Waals surface area contributed by atoms with Crippen LogP contribution < -0.4 is 9.50 Å². The van der Waals surface area contributed by atoms with Gasteiger partial charge in [0, 0.05) is 25.3 Å². The number of carbonyl (C=O) groups excluding carboxylic acids is 1. The predicted octanol–water partition coefficient (Wildman–Crippen LogP) is 4.11. The zero-order valence-corrected chi connectivity index (χ0v) is 17.2. The van der Waals surface area contributed by atoms with Crippen molar-refractivity contribution in [3.63, 3.8) is 0 Å². The molecule has 32 heavy (non-hydrogen) atoms. The number of amides is 1. The molecule has 1 N–H and O–H groups in total. The second kappa shape index (κ2) is 8.39. The molecule has 7 nitrogen and oxygen atoms in total. The van der Waals surface area contributed by atoms with E-state index in [9.17, 15) is 30.8 Å². The lowest BCUT2D eigenvalue weighted by molar-refractivity contribution is -0.0501. The van der Waals surface area contributed by atoms with Crippen LogP contribution in [-0.2, 0) is 21.5 Å². The van der Waals surface area contributed by atoms with Crippen molar-refractivity contribution < 1.29 is 48.5 Å². The van der Waals surface area contributed by atoms with Crippen LogP contribution in [0, 0.1) is 11.6 Å². The zero-order chi connectivity index (χ0) is 23.8. The van der Waals surface area contributed by atoms with Crippen LogP contribution in [-0.4, -0.2) is 34.0 Å². The Kier molecular flexibility index (Phi) is 6.15. The highest BCUT2D eigenvalue weighted by Gasteiger charge is 2.49. The third-order valence-corrected chi connectivity index (χ3v) is 5.24. The highest BCUT2D eigenvalue weighted by molar-refractivity contribution is 7.88. The molecule has 0 aliphatic carbocycles. The first-order valence-corrected chi connectivity index (χ1v) is 10.1. The molecule has 1 amide bonds. The van der Waals surface area contributed by atoms with Crippen molar-refractivity contribution in [2.75, 3.05) is 14.2 Å². The fourth-order valence-corrected chi connectivity index (χ4v) is 3.40. The first kappa shape index (κ1) is 23.5. The lowest BCUT2D eigenvalue weighted by Gasteiger charge is -2.14. The number of carbonyl (C=O) groups is 1. The predicted molar refractivity (Wildman–Crippen MR) is 101 cm³/mol. The van der Waals surface area contributed by atoms with Crippen molar-refractivity contribution in [1.29, 1.82) is 0 Å². The van der Waals surface area contributed by atoms with E-state index in [4.69, 9.17) is 9.15 Å². The molecule has 0 saturated carbocycles. The van der Waals surface area contributed by atoms with Gasteiger partial charge in [-0.1, -0.05) is 0 Å². The summed E-state index contributed by atoms with van der Waals surface area (Å²) in [6.45, 7) is -0.544. The molecule has 3 aromatic rings. The van der Waals surface area contributed by atoms with E-state index in [2.05, 4.69) is 9.50 Å². The van der Waals surface area contributed by atoms with E-state index in [1.807, 2.05) is 0 Å². The van der Waals surface area contributed by atoms with Gasteiger partial charge in [0.25, 0.3) is 5.91 Å². The maximum atomic E-state index is 15.4. The molecule has 3 rings (SSSR count). The van der Waals surface area contributed by atoms with Gasteiger partial charge in [0.05, 0.1) is 17.6 Å². The molecule has 1 aromatic heterocycles. The number of methoxy groups -OCH3 is 1. The molecule has 1 heterocycles. The van der Waals surface area contributed by atoms with E-state index in [1.165, 1.54) is 19.2 Å². The Morgan fingerprint density at radius 2 is 1.78 bits per heavy atom. The topological polar surface area (TPSA) is 94.8 Å². The lowest BCUT2D eigenvalue weighted by atomic mass is 10.0. The quantitative estimate of drug-likeness (QED) is 0.325. The van der Waals surface area contributed by atoms with Gasteiger partial charge >= 0.3 is 15.6 Å². The van der Waals surface area contributed by atoms with Crippen molar-refractivity contribution in [2.45, 2.75) is 12.1 Å². The molecule has 0 bridgehead atoms. The Labute approximate surface area is 177 Å². The normalized spacial score (nSPS) is 12.2. The smallest absolute Gasteiger partial charge is 0.455 e. The van der Waals surface area contributed by atoms with Crippen LogP contribution in [0.1, 0.15) is 15.9 Å². The van der Waals surface area contributed by atoms with Gasteiger partial charge in [0.2, 0.25) is 0 Å². The average molecular weight is 479 g/mol. The summed E-state index contributed by atoms with van der Waals surface area (Å²) >= 11 is 0. The van der Waals surface area contributed by atoms with Crippen LogP contribution in [0.15, 0.2) is 34.7 Å². The Hall–Kier alpha value is -3.19. The fraction of sp³-hybridized carbons (Fsp3) is 0.211. The van der Waals surface area contributed by atoms with E-state index in [0.29, 0.717) is 0 Å². The molecule has 0 atom stereocenters. The fourth-order valence-electron chi connectivity index (χ4n) is 2.90. The van der Waals surface area contributed by atoms with Crippen LogP contribution in [0.4, 0.5) is 22.0 Å². The molecule has 0 fully saturated rings. The summed E-state index contributed by atoms with van der Waals surface area (Å²) in [4.78, 5) is 12.5. The van der Waals surface area contributed by atoms with Crippen molar-refractivity contribution in [2.24, 2.45) is 0 Å². The van der Waals surface area contributed by atoms with Crippen LogP contribution in [0.2, 0.25) is 0 Å². The molecule has 0 saturated heterocycles. The van der Waals surface area contributed by atoms with Crippen molar-refractivity contribution in [3.8, 4) is 17.1 Å². The molecule has 2 aromatic carbocycles. The first-order chi connectivity index (χ1) is 14.9. The van der Waals surface area contributed by atoms with E-state index in [-0.39, 0.29) is 16.9 Å². The Morgan fingerprint density at radius 1 is 1.16 bits per heavy atom. The maximum Gasteiger partial charge on any atom is 0.534 e. The largest absolute Gasteiger partial charge is 0.534 e. The second-order valence-corrected chi connectivity index (χ2v) is 7.90. The van der Waals surface area contributed by atoms with Crippen LogP contribution in [0.3, 0.4) is 0 Å². The molecular weight excluding hydrogens is 465 g/mol. The number of rotatable bonds is 6. The van der Waals surface area contributed by atoms with Gasteiger partial charge in [-0.2, -0.15) is 21.6 Å². The summed E-state index contributed by atoms with van der Waals surface area (Å²) in [5.41, 5.74) is -6.86. The second-order valence-electron chi connectivity index (χ2n) is 6.36. The first-order valence-electron chi connectivity index (χ1n) is 8.66. The summed E-state index contributed by atoms with van der Waals surface area (Å²) in [6.07, 6.45) is 0.